The third-order valence-corrected chi connectivity index (χ3v) is 5.88. The number of halogens is 3. The minimum Gasteiger partial charge on any atom is -0.405 e. The summed E-state index contributed by atoms with van der Waals surface area (Å²) in [5.74, 6) is 1.49. The molecular weight excluding hydrogens is 405 g/mol. The monoisotopic (exact) mass is 430 g/mol. The molecule has 1 saturated carbocycles. The van der Waals surface area contributed by atoms with E-state index in [1.165, 1.54) is 25.3 Å². The number of allylic oxidation sites excluding steroid dienone is 1. The molecule has 0 amide bonds. The molecule has 1 aliphatic rings. The van der Waals surface area contributed by atoms with Crippen molar-refractivity contribution in [1.29, 1.82) is 0 Å². The van der Waals surface area contributed by atoms with Gasteiger partial charge in [0.15, 0.2) is 0 Å². The Balaban J connectivity index is 1.79. The van der Waals surface area contributed by atoms with Gasteiger partial charge in [0.25, 0.3) is 0 Å². The van der Waals surface area contributed by atoms with Gasteiger partial charge < -0.3 is 10.5 Å². The predicted molar refractivity (Wildman–Crippen MR) is 115 cm³/mol. The number of nitrogen functional groups attached to an aromatic ring is 1. The summed E-state index contributed by atoms with van der Waals surface area (Å²) in [6.07, 6.45) is 6.38. The molecular formula is C23H25F3N4O. The molecule has 1 fully saturated rings. The van der Waals surface area contributed by atoms with Gasteiger partial charge in [-0.25, -0.2) is 9.97 Å². The Bertz CT molecular complexity index is 1130. The van der Waals surface area contributed by atoms with Crippen LogP contribution < -0.4 is 10.5 Å². The molecule has 164 valence electrons. The fraction of sp³-hybridized carbons (Fsp3) is 0.391. The van der Waals surface area contributed by atoms with Gasteiger partial charge in [0.2, 0.25) is 0 Å². The lowest BCUT2D eigenvalue weighted by Gasteiger charge is -2.20. The third kappa shape index (κ3) is 4.38. The minimum absolute atomic E-state index is 0.215. The second kappa shape index (κ2) is 8.24. The van der Waals surface area contributed by atoms with Crippen LogP contribution in [0.1, 0.15) is 67.6 Å². The molecule has 8 heteroatoms. The van der Waals surface area contributed by atoms with E-state index in [0.717, 1.165) is 29.8 Å². The number of rotatable bonds is 4. The van der Waals surface area contributed by atoms with Crippen LogP contribution in [0.15, 0.2) is 30.6 Å². The second-order valence-corrected chi connectivity index (χ2v) is 8.03. The zero-order valence-corrected chi connectivity index (χ0v) is 17.5. The highest BCUT2D eigenvalue weighted by Crippen LogP contribution is 2.36. The molecule has 1 aliphatic carbocycles. The first kappa shape index (κ1) is 21.2. The van der Waals surface area contributed by atoms with Gasteiger partial charge in [-0.2, -0.15) is 0 Å². The third-order valence-electron chi connectivity index (χ3n) is 5.88. The molecule has 4 rings (SSSR count). The molecule has 1 aromatic carbocycles. The lowest BCUT2D eigenvalue weighted by atomic mass is 9.89. The molecule has 2 heterocycles. The Kier molecular flexibility index (Phi) is 5.64. The van der Waals surface area contributed by atoms with Crippen molar-refractivity contribution < 1.29 is 17.9 Å². The number of benzene rings is 1. The van der Waals surface area contributed by atoms with Gasteiger partial charge in [-0.05, 0) is 55.5 Å². The highest BCUT2D eigenvalue weighted by molar-refractivity contribution is 5.89. The summed E-state index contributed by atoms with van der Waals surface area (Å²) in [7, 11) is 0. The number of hydrogen-bond acceptors (Lipinski definition) is 4. The molecule has 2 N–H and O–H groups in total. The topological polar surface area (TPSA) is 65.4 Å². The van der Waals surface area contributed by atoms with Crippen molar-refractivity contribution in [3.05, 3.63) is 53.2 Å². The number of anilines is 1. The molecule has 2 aromatic heterocycles. The first-order valence-corrected chi connectivity index (χ1v) is 10.4. The number of imidazole rings is 1. The predicted octanol–water partition coefficient (Wildman–Crippen LogP) is 6.13. The summed E-state index contributed by atoms with van der Waals surface area (Å²) in [6.45, 7) is 3.49. The van der Waals surface area contributed by atoms with Crippen molar-refractivity contribution in [2.75, 3.05) is 5.73 Å². The number of fused-ring (bicyclic) bond motifs is 1. The highest BCUT2D eigenvalue weighted by atomic mass is 19.4. The molecule has 5 nitrogen and oxygen atoms in total. The SMILES string of the molecule is C/C(=C\c1cccc(OC(F)(F)F)c1C)c1nc(C2CCCCC2)n2ccnc(N)c12. The van der Waals surface area contributed by atoms with Crippen molar-refractivity contribution in [1.82, 2.24) is 14.4 Å². The maximum Gasteiger partial charge on any atom is 0.573 e. The summed E-state index contributed by atoms with van der Waals surface area (Å²) in [5.41, 5.74) is 9.47. The smallest absolute Gasteiger partial charge is 0.405 e. The van der Waals surface area contributed by atoms with Gasteiger partial charge in [-0.15, -0.1) is 13.2 Å². The Hall–Kier alpha value is -3.03. The first-order valence-electron chi connectivity index (χ1n) is 10.4. The van der Waals surface area contributed by atoms with Gasteiger partial charge in [0.1, 0.15) is 22.9 Å². The lowest BCUT2D eigenvalue weighted by Crippen LogP contribution is -2.17. The van der Waals surface area contributed by atoms with Crippen molar-refractivity contribution in [3.8, 4) is 5.75 Å². The van der Waals surface area contributed by atoms with Crippen LogP contribution in [0.2, 0.25) is 0 Å². The fourth-order valence-electron chi connectivity index (χ4n) is 4.34. The summed E-state index contributed by atoms with van der Waals surface area (Å²) in [4.78, 5) is 9.18. The van der Waals surface area contributed by atoms with Crippen LogP contribution >= 0.6 is 0 Å². The van der Waals surface area contributed by atoms with Crippen LogP contribution in [0.5, 0.6) is 5.75 Å². The summed E-state index contributed by atoms with van der Waals surface area (Å²) in [5, 5.41) is 0. The van der Waals surface area contributed by atoms with Gasteiger partial charge in [-0.1, -0.05) is 31.4 Å². The maximum absolute atomic E-state index is 12.7. The van der Waals surface area contributed by atoms with E-state index in [1.54, 1.807) is 25.3 Å². The van der Waals surface area contributed by atoms with Crippen LogP contribution in [0.3, 0.4) is 0 Å². The normalized spacial score (nSPS) is 16.1. The second-order valence-electron chi connectivity index (χ2n) is 8.03. The van der Waals surface area contributed by atoms with E-state index in [4.69, 9.17) is 10.7 Å². The summed E-state index contributed by atoms with van der Waals surface area (Å²) >= 11 is 0. The van der Waals surface area contributed by atoms with E-state index < -0.39 is 6.36 Å². The molecule has 3 aromatic rings. The van der Waals surface area contributed by atoms with Crippen LogP contribution in [0, 0.1) is 6.92 Å². The Morgan fingerprint density at radius 2 is 1.97 bits per heavy atom. The number of aromatic nitrogens is 3. The van der Waals surface area contributed by atoms with E-state index in [9.17, 15) is 13.2 Å². The Morgan fingerprint density at radius 1 is 1.23 bits per heavy atom. The van der Waals surface area contributed by atoms with Gasteiger partial charge in [-0.3, -0.25) is 4.40 Å². The van der Waals surface area contributed by atoms with Crippen molar-refractivity contribution in [2.24, 2.45) is 0 Å². The largest absolute Gasteiger partial charge is 0.573 e. The molecule has 0 unspecified atom stereocenters. The Labute approximate surface area is 178 Å². The number of ether oxygens (including phenoxy) is 1. The maximum atomic E-state index is 12.7. The first-order chi connectivity index (χ1) is 14.7. The fourth-order valence-corrected chi connectivity index (χ4v) is 4.34. The number of nitrogens with zero attached hydrogens (tertiary/aromatic N) is 3. The molecule has 0 radical (unpaired) electrons. The molecule has 0 bridgehead atoms. The molecule has 0 atom stereocenters. The Morgan fingerprint density at radius 3 is 2.68 bits per heavy atom. The molecule has 31 heavy (non-hydrogen) atoms. The highest BCUT2D eigenvalue weighted by Gasteiger charge is 2.32. The van der Waals surface area contributed by atoms with Crippen LogP contribution in [-0.4, -0.2) is 20.7 Å². The van der Waals surface area contributed by atoms with E-state index in [2.05, 4.69) is 9.72 Å². The van der Waals surface area contributed by atoms with Gasteiger partial charge >= 0.3 is 6.36 Å². The molecule has 0 aliphatic heterocycles. The van der Waals surface area contributed by atoms with Crippen LogP contribution in [0.25, 0.3) is 17.2 Å². The van der Waals surface area contributed by atoms with Crippen molar-refractivity contribution >= 4 is 23.0 Å². The quantitative estimate of drug-likeness (QED) is 0.541. The number of nitrogens with two attached hydrogens (primary N) is 1. The summed E-state index contributed by atoms with van der Waals surface area (Å²) in [6, 6.07) is 4.61. The zero-order valence-electron chi connectivity index (χ0n) is 17.5. The van der Waals surface area contributed by atoms with E-state index >= 15 is 0 Å². The van der Waals surface area contributed by atoms with Crippen molar-refractivity contribution in [3.63, 3.8) is 0 Å². The number of hydrogen-bond donors (Lipinski definition) is 1. The van der Waals surface area contributed by atoms with Gasteiger partial charge in [0, 0.05) is 18.3 Å². The average molecular weight is 430 g/mol. The zero-order chi connectivity index (χ0) is 22.2. The van der Waals surface area contributed by atoms with E-state index in [1.807, 2.05) is 23.6 Å². The van der Waals surface area contributed by atoms with Crippen molar-refractivity contribution in [2.45, 2.75) is 58.2 Å². The minimum atomic E-state index is -4.74. The standard InChI is InChI=1S/C23H25F3N4O/c1-14(13-17-9-6-10-18(15(17)2)31-23(24,25)26)19-20-21(27)28-11-12-30(20)22(29-19)16-7-4-3-5-8-16/h6,9-13,16H,3-5,7-8H2,1-2H3,(H2,27,28)/b14-13+. The summed E-state index contributed by atoms with van der Waals surface area (Å²) < 4.78 is 44.3. The van der Waals surface area contributed by atoms with Gasteiger partial charge in [0.05, 0.1) is 5.69 Å². The average Bonchev–Trinajstić information content (AvgIpc) is 3.12. The molecule has 0 spiro atoms. The molecule has 0 saturated heterocycles. The van der Waals surface area contributed by atoms with E-state index in [0.29, 0.717) is 28.6 Å². The number of alkyl halides is 3. The van der Waals surface area contributed by atoms with Crippen LogP contribution in [-0.2, 0) is 0 Å². The van der Waals surface area contributed by atoms with E-state index in [-0.39, 0.29) is 5.75 Å². The van der Waals surface area contributed by atoms with Crippen LogP contribution in [0.4, 0.5) is 19.0 Å². The lowest BCUT2D eigenvalue weighted by molar-refractivity contribution is -0.274.